The molecule has 0 saturated heterocycles. The van der Waals surface area contributed by atoms with E-state index in [9.17, 15) is 9.59 Å². The number of benzene rings is 1. The first-order valence-electron chi connectivity index (χ1n) is 6.03. The summed E-state index contributed by atoms with van der Waals surface area (Å²) in [6.45, 7) is 3.69. The third-order valence-corrected chi connectivity index (χ3v) is 3.09. The lowest BCUT2D eigenvalue weighted by Crippen LogP contribution is -2.45. The molecule has 0 heterocycles. The van der Waals surface area contributed by atoms with Gasteiger partial charge >= 0.3 is 5.97 Å². The number of rotatable bonds is 5. The van der Waals surface area contributed by atoms with Crippen LogP contribution in [-0.4, -0.2) is 25.0 Å². The predicted octanol–water partition coefficient (Wildman–Crippen LogP) is 2.35. The van der Waals surface area contributed by atoms with Gasteiger partial charge in [0.2, 0.25) is 0 Å². The Morgan fingerprint density at radius 2 is 1.84 bits per heavy atom. The molecule has 0 saturated carbocycles. The number of esters is 1. The molecule has 1 amide bonds. The molecular weight excluding hydrogens is 266 g/mol. The lowest BCUT2D eigenvalue weighted by molar-refractivity contribution is -0.144. The summed E-state index contributed by atoms with van der Waals surface area (Å²) in [4.78, 5) is 23.6. The second-order valence-electron chi connectivity index (χ2n) is 4.55. The van der Waals surface area contributed by atoms with E-state index < -0.39 is 12.0 Å². The van der Waals surface area contributed by atoms with Crippen LogP contribution in [0.1, 0.15) is 29.8 Å². The van der Waals surface area contributed by atoms with Crippen LogP contribution in [0.25, 0.3) is 0 Å². The minimum atomic E-state index is -0.648. The van der Waals surface area contributed by atoms with Crippen molar-refractivity contribution in [3.8, 4) is 0 Å². The average Bonchev–Trinajstić information content (AvgIpc) is 2.43. The van der Waals surface area contributed by atoms with Crippen molar-refractivity contribution < 1.29 is 14.3 Å². The number of carbonyl (C=O) groups is 2. The molecule has 104 valence electrons. The highest BCUT2D eigenvalue weighted by atomic mass is 35.5. The van der Waals surface area contributed by atoms with E-state index in [1.165, 1.54) is 7.11 Å². The van der Waals surface area contributed by atoms with Crippen LogP contribution in [-0.2, 0) is 15.4 Å². The maximum absolute atomic E-state index is 12.0. The fourth-order valence-corrected chi connectivity index (χ4v) is 1.77. The van der Waals surface area contributed by atoms with Gasteiger partial charge in [-0.2, -0.15) is 0 Å². The number of amides is 1. The van der Waals surface area contributed by atoms with E-state index >= 15 is 0 Å². The van der Waals surface area contributed by atoms with E-state index in [-0.39, 0.29) is 11.8 Å². The topological polar surface area (TPSA) is 55.4 Å². The zero-order valence-corrected chi connectivity index (χ0v) is 12.0. The van der Waals surface area contributed by atoms with Gasteiger partial charge in [0.1, 0.15) is 6.04 Å². The van der Waals surface area contributed by atoms with Gasteiger partial charge in [-0.1, -0.05) is 26.0 Å². The molecule has 0 aromatic heterocycles. The quantitative estimate of drug-likeness (QED) is 0.667. The van der Waals surface area contributed by atoms with Crippen LogP contribution in [0.4, 0.5) is 0 Å². The molecule has 0 radical (unpaired) electrons. The largest absolute Gasteiger partial charge is 0.467 e. The smallest absolute Gasteiger partial charge is 0.328 e. The van der Waals surface area contributed by atoms with Gasteiger partial charge in [0.05, 0.1) is 7.11 Å². The first-order valence-corrected chi connectivity index (χ1v) is 6.56. The molecule has 5 heteroatoms. The van der Waals surface area contributed by atoms with E-state index in [2.05, 4.69) is 10.1 Å². The summed E-state index contributed by atoms with van der Waals surface area (Å²) in [5, 5.41) is 2.67. The summed E-state index contributed by atoms with van der Waals surface area (Å²) in [6, 6.07) is 6.28. The van der Waals surface area contributed by atoms with Crippen LogP contribution < -0.4 is 5.32 Å². The van der Waals surface area contributed by atoms with Crippen molar-refractivity contribution in [3.63, 3.8) is 0 Å². The molecule has 4 nitrogen and oxygen atoms in total. The number of methoxy groups -OCH3 is 1. The Hall–Kier alpha value is -1.55. The van der Waals surface area contributed by atoms with Gasteiger partial charge in [-0.3, -0.25) is 4.79 Å². The average molecular weight is 284 g/mol. The van der Waals surface area contributed by atoms with E-state index in [1.807, 2.05) is 13.8 Å². The van der Waals surface area contributed by atoms with Crippen molar-refractivity contribution in [2.75, 3.05) is 7.11 Å². The van der Waals surface area contributed by atoms with Crippen LogP contribution in [0, 0.1) is 5.92 Å². The number of hydrogen-bond acceptors (Lipinski definition) is 3. The molecule has 19 heavy (non-hydrogen) atoms. The van der Waals surface area contributed by atoms with E-state index in [1.54, 1.807) is 24.3 Å². The van der Waals surface area contributed by atoms with E-state index in [0.29, 0.717) is 11.4 Å². The minimum Gasteiger partial charge on any atom is -0.467 e. The Bertz CT molecular complexity index is 443. The molecule has 1 aromatic rings. The number of halogens is 1. The minimum absolute atomic E-state index is 0.0430. The first-order chi connectivity index (χ1) is 8.99. The van der Waals surface area contributed by atoms with Crippen molar-refractivity contribution in [1.29, 1.82) is 0 Å². The van der Waals surface area contributed by atoms with Gasteiger partial charge in [-0.25, -0.2) is 4.79 Å². The van der Waals surface area contributed by atoms with E-state index in [0.717, 1.165) is 5.56 Å². The van der Waals surface area contributed by atoms with E-state index in [4.69, 9.17) is 11.6 Å². The van der Waals surface area contributed by atoms with Crippen LogP contribution in [0.2, 0.25) is 0 Å². The van der Waals surface area contributed by atoms with Crippen molar-refractivity contribution in [1.82, 2.24) is 5.32 Å². The summed E-state index contributed by atoms with van der Waals surface area (Å²) >= 11 is 5.68. The Balaban J connectivity index is 2.78. The fraction of sp³-hybridized carbons (Fsp3) is 0.429. The maximum Gasteiger partial charge on any atom is 0.328 e. The Labute approximate surface area is 118 Å². The molecule has 0 aliphatic carbocycles. The fourth-order valence-electron chi connectivity index (χ4n) is 1.59. The predicted molar refractivity (Wildman–Crippen MR) is 74.1 cm³/mol. The monoisotopic (exact) mass is 283 g/mol. The summed E-state index contributed by atoms with van der Waals surface area (Å²) < 4.78 is 4.68. The van der Waals surface area contributed by atoms with Crippen molar-refractivity contribution in [2.45, 2.75) is 25.8 Å². The molecule has 0 aliphatic heterocycles. The molecule has 1 aromatic carbocycles. The van der Waals surface area contributed by atoms with Crippen LogP contribution >= 0.6 is 11.6 Å². The SMILES string of the molecule is COC(=O)[C@H](NC(=O)c1ccc(CCl)cc1)C(C)C. The van der Waals surface area contributed by atoms with Gasteiger partial charge < -0.3 is 10.1 Å². The maximum atomic E-state index is 12.0. The number of nitrogens with one attached hydrogen (secondary N) is 1. The van der Waals surface area contributed by atoms with Crippen LogP contribution in [0.3, 0.4) is 0 Å². The Kier molecular flexibility index (Phi) is 5.83. The molecule has 0 unspecified atom stereocenters. The Morgan fingerprint density at radius 3 is 2.26 bits per heavy atom. The molecule has 0 aliphatic rings. The summed E-state index contributed by atoms with van der Waals surface area (Å²) in [5.41, 5.74) is 1.43. The summed E-state index contributed by atoms with van der Waals surface area (Å²) in [6.07, 6.45) is 0. The third kappa shape index (κ3) is 4.24. The molecular formula is C14H18ClNO3. The van der Waals surface area contributed by atoms with Crippen LogP contribution in [0.15, 0.2) is 24.3 Å². The number of carbonyl (C=O) groups excluding carboxylic acids is 2. The highest BCUT2D eigenvalue weighted by Gasteiger charge is 2.25. The standard InChI is InChI=1S/C14H18ClNO3/c1-9(2)12(14(18)19-3)16-13(17)11-6-4-10(8-15)5-7-11/h4-7,9,12H,8H2,1-3H3,(H,16,17)/t12-/m1/s1. The normalized spacial score (nSPS) is 12.1. The van der Waals surface area contributed by atoms with Gasteiger partial charge in [0.25, 0.3) is 5.91 Å². The third-order valence-electron chi connectivity index (χ3n) is 2.78. The molecule has 0 fully saturated rings. The summed E-state index contributed by atoms with van der Waals surface area (Å²) in [5.74, 6) is -0.386. The van der Waals surface area contributed by atoms with Crippen molar-refractivity contribution in [2.24, 2.45) is 5.92 Å². The zero-order chi connectivity index (χ0) is 14.4. The molecule has 0 spiro atoms. The molecule has 1 rings (SSSR count). The second kappa shape index (κ2) is 7.14. The van der Waals surface area contributed by atoms with Gasteiger partial charge in [0.15, 0.2) is 0 Å². The number of ether oxygens (including phenoxy) is 1. The van der Waals surface area contributed by atoms with Gasteiger partial charge in [-0.05, 0) is 23.6 Å². The molecule has 0 bridgehead atoms. The summed E-state index contributed by atoms with van der Waals surface area (Å²) in [7, 11) is 1.30. The Morgan fingerprint density at radius 1 is 1.26 bits per heavy atom. The van der Waals surface area contributed by atoms with Crippen molar-refractivity contribution >= 4 is 23.5 Å². The lowest BCUT2D eigenvalue weighted by atomic mass is 10.0. The van der Waals surface area contributed by atoms with Gasteiger partial charge in [0, 0.05) is 11.4 Å². The molecule has 1 N–H and O–H groups in total. The molecule has 1 atom stereocenters. The number of hydrogen-bond donors (Lipinski definition) is 1. The highest BCUT2D eigenvalue weighted by Crippen LogP contribution is 2.09. The lowest BCUT2D eigenvalue weighted by Gasteiger charge is -2.19. The van der Waals surface area contributed by atoms with Crippen molar-refractivity contribution in [3.05, 3.63) is 35.4 Å². The van der Waals surface area contributed by atoms with Gasteiger partial charge in [-0.15, -0.1) is 11.6 Å². The van der Waals surface area contributed by atoms with Crippen LogP contribution in [0.5, 0.6) is 0 Å². The zero-order valence-electron chi connectivity index (χ0n) is 11.3. The number of alkyl halides is 1. The first kappa shape index (κ1) is 15.5. The second-order valence-corrected chi connectivity index (χ2v) is 4.82. The highest BCUT2D eigenvalue weighted by molar-refractivity contribution is 6.17.